The first kappa shape index (κ1) is 13.7. The third kappa shape index (κ3) is 3.07. The van der Waals surface area contributed by atoms with E-state index < -0.39 is 0 Å². The van der Waals surface area contributed by atoms with Crippen molar-refractivity contribution in [1.29, 1.82) is 0 Å². The Balaban J connectivity index is 2.00. The highest BCUT2D eigenvalue weighted by Crippen LogP contribution is 2.30. The van der Waals surface area contributed by atoms with Gasteiger partial charge >= 0.3 is 0 Å². The molecular formula is C16H14BrF2N. The normalized spacial score (nSPS) is 14.6. The van der Waals surface area contributed by atoms with Crippen LogP contribution in [0.3, 0.4) is 0 Å². The molecule has 0 saturated heterocycles. The Bertz CT molecular complexity index is 638. The third-order valence-corrected chi connectivity index (χ3v) is 3.94. The number of halogens is 3. The van der Waals surface area contributed by atoms with Crippen molar-refractivity contribution in [2.45, 2.75) is 25.4 Å². The number of hydrogen-bond donors (Lipinski definition) is 1. The van der Waals surface area contributed by atoms with Gasteiger partial charge in [-0.15, -0.1) is 0 Å². The molecule has 104 valence electrons. The Hall–Kier alpha value is -1.26. The predicted molar refractivity (Wildman–Crippen MR) is 79.4 cm³/mol. The van der Waals surface area contributed by atoms with Gasteiger partial charge in [0, 0.05) is 22.6 Å². The number of hydrogen-bond acceptors (Lipinski definition) is 1. The summed E-state index contributed by atoms with van der Waals surface area (Å²) in [5, 5.41) is 3.38. The van der Waals surface area contributed by atoms with Gasteiger partial charge in [0.25, 0.3) is 0 Å². The lowest BCUT2D eigenvalue weighted by Crippen LogP contribution is -2.16. The fourth-order valence-electron chi connectivity index (χ4n) is 2.20. The van der Waals surface area contributed by atoms with Gasteiger partial charge < -0.3 is 5.32 Å². The van der Waals surface area contributed by atoms with E-state index in [0.717, 1.165) is 10.0 Å². The highest BCUT2D eigenvalue weighted by molar-refractivity contribution is 9.10. The van der Waals surface area contributed by atoms with Crippen molar-refractivity contribution in [1.82, 2.24) is 5.32 Å². The molecule has 0 unspecified atom stereocenters. The van der Waals surface area contributed by atoms with E-state index in [1.165, 1.54) is 31.0 Å². The lowest BCUT2D eigenvalue weighted by Gasteiger charge is -2.12. The molecule has 1 fully saturated rings. The fraction of sp³-hybridized carbons (Fsp3) is 0.250. The quantitative estimate of drug-likeness (QED) is 0.856. The van der Waals surface area contributed by atoms with E-state index in [-0.39, 0.29) is 11.6 Å². The molecule has 1 aliphatic carbocycles. The molecule has 0 radical (unpaired) electrons. The van der Waals surface area contributed by atoms with Crippen LogP contribution >= 0.6 is 15.9 Å². The molecule has 1 aliphatic rings. The van der Waals surface area contributed by atoms with Gasteiger partial charge in [-0.3, -0.25) is 0 Å². The molecule has 1 saturated carbocycles. The van der Waals surface area contributed by atoms with Crippen LogP contribution in [-0.4, -0.2) is 6.04 Å². The van der Waals surface area contributed by atoms with E-state index in [0.29, 0.717) is 23.7 Å². The Morgan fingerprint density at radius 1 is 1.05 bits per heavy atom. The molecule has 2 aromatic rings. The second-order valence-corrected chi connectivity index (χ2v) is 6.00. The van der Waals surface area contributed by atoms with Crippen molar-refractivity contribution in [2.75, 3.05) is 0 Å². The number of rotatable bonds is 4. The summed E-state index contributed by atoms with van der Waals surface area (Å²) >= 11 is 3.33. The molecule has 0 heterocycles. The maximum absolute atomic E-state index is 14.0. The van der Waals surface area contributed by atoms with Crippen molar-refractivity contribution in [3.8, 4) is 11.1 Å². The topological polar surface area (TPSA) is 12.0 Å². The van der Waals surface area contributed by atoms with Gasteiger partial charge in [0.05, 0.1) is 0 Å². The summed E-state index contributed by atoms with van der Waals surface area (Å²) in [5.74, 6) is -0.694. The Labute approximate surface area is 125 Å². The minimum absolute atomic E-state index is 0.341. The molecule has 20 heavy (non-hydrogen) atoms. The van der Waals surface area contributed by atoms with Crippen LogP contribution in [-0.2, 0) is 6.54 Å². The van der Waals surface area contributed by atoms with E-state index in [9.17, 15) is 8.78 Å². The average Bonchev–Trinajstić information content (AvgIpc) is 3.24. The highest BCUT2D eigenvalue weighted by atomic mass is 79.9. The van der Waals surface area contributed by atoms with E-state index in [2.05, 4.69) is 21.2 Å². The first-order chi connectivity index (χ1) is 9.63. The minimum atomic E-state index is -0.352. The maximum Gasteiger partial charge on any atom is 0.131 e. The molecule has 1 N–H and O–H groups in total. The molecule has 1 nitrogen and oxygen atoms in total. The van der Waals surface area contributed by atoms with Crippen molar-refractivity contribution >= 4 is 15.9 Å². The molecule has 0 spiro atoms. The zero-order chi connectivity index (χ0) is 14.1. The van der Waals surface area contributed by atoms with Crippen LogP contribution in [0.25, 0.3) is 11.1 Å². The van der Waals surface area contributed by atoms with Crippen molar-refractivity contribution in [2.24, 2.45) is 0 Å². The highest BCUT2D eigenvalue weighted by Gasteiger charge is 2.21. The van der Waals surface area contributed by atoms with Crippen LogP contribution in [0.15, 0.2) is 40.9 Å². The van der Waals surface area contributed by atoms with Gasteiger partial charge in [-0.05, 0) is 54.3 Å². The lowest BCUT2D eigenvalue weighted by molar-refractivity contribution is 0.621. The smallest absolute Gasteiger partial charge is 0.131 e. The van der Waals surface area contributed by atoms with Crippen LogP contribution in [0.1, 0.15) is 18.4 Å². The van der Waals surface area contributed by atoms with Crippen LogP contribution in [0.5, 0.6) is 0 Å². The summed E-state index contributed by atoms with van der Waals surface area (Å²) in [6, 6.07) is 9.81. The van der Waals surface area contributed by atoms with Crippen LogP contribution < -0.4 is 5.32 Å². The summed E-state index contributed by atoms with van der Waals surface area (Å²) in [4.78, 5) is 0. The predicted octanol–water partition coefficient (Wildman–Crippen LogP) is 4.65. The molecule has 0 atom stereocenters. The van der Waals surface area contributed by atoms with Gasteiger partial charge in [-0.1, -0.05) is 22.0 Å². The maximum atomic E-state index is 14.0. The fourth-order valence-corrected chi connectivity index (χ4v) is 2.56. The SMILES string of the molecule is Fc1ccc(CNC2CC2)c(-c2cc(Br)ccc2F)c1. The zero-order valence-corrected chi connectivity index (χ0v) is 12.4. The molecular weight excluding hydrogens is 324 g/mol. The average molecular weight is 338 g/mol. The largest absolute Gasteiger partial charge is 0.310 e. The third-order valence-electron chi connectivity index (χ3n) is 3.45. The second kappa shape index (κ2) is 5.62. The lowest BCUT2D eigenvalue weighted by atomic mass is 9.99. The van der Waals surface area contributed by atoms with Crippen molar-refractivity contribution in [3.05, 3.63) is 58.1 Å². The molecule has 3 rings (SSSR count). The van der Waals surface area contributed by atoms with E-state index in [1.807, 2.05) is 0 Å². The molecule has 4 heteroatoms. The van der Waals surface area contributed by atoms with Crippen LogP contribution in [0.4, 0.5) is 8.78 Å². The molecule has 0 aliphatic heterocycles. The van der Waals surface area contributed by atoms with Crippen molar-refractivity contribution in [3.63, 3.8) is 0 Å². The first-order valence-corrected chi connectivity index (χ1v) is 7.40. The number of nitrogens with one attached hydrogen (secondary N) is 1. The molecule has 0 bridgehead atoms. The number of benzene rings is 2. The Kier molecular flexibility index (Phi) is 3.85. The van der Waals surface area contributed by atoms with E-state index in [4.69, 9.17) is 0 Å². The molecule has 2 aromatic carbocycles. The minimum Gasteiger partial charge on any atom is -0.310 e. The van der Waals surface area contributed by atoms with Gasteiger partial charge in [0.1, 0.15) is 11.6 Å². The summed E-state index contributed by atoms with van der Waals surface area (Å²) < 4.78 is 28.3. The van der Waals surface area contributed by atoms with Gasteiger partial charge in [-0.25, -0.2) is 8.78 Å². The molecule has 0 aromatic heterocycles. The first-order valence-electron chi connectivity index (χ1n) is 6.61. The standard InChI is InChI=1S/C16H14BrF2N/c17-11-2-6-16(19)15(7-11)14-8-12(18)3-1-10(14)9-20-13-4-5-13/h1-3,6-8,13,20H,4-5,9H2. The van der Waals surface area contributed by atoms with Gasteiger partial charge in [-0.2, -0.15) is 0 Å². The van der Waals surface area contributed by atoms with Crippen LogP contribution in [0, 0.1) is 11.6 Å². The summed E-state index contributed by atoms with van der Waals surface area (Å²) in [7, 11) is 0. The monoisotopic (exact) mass is 337 g/mol. The summed E-state index contributed by atoms with van der Waals surface area (Å²) in [6.45, 7) is 0.631. The summed E-state index contributed by atoms with van der Waals surface area (Å²) in [5.41, 5.74) is 1.94. The van der Waals surface area contributed by atoms with Crippen LogP contribution in [0.2, 0.25) is 0 Å². The Morgan fingerprint density at radius 3 is 2.60 bits per heavy atom. The van der Waals surface area contributed by atoms with E-state index >= 15 is 0 Å². The van der Waals surface area contributed by atoms with Gasteiger partial charge in [0.15, 0.2) is 0 Å². The Morgan fingerprint density at radius 2 is 1.85 bits per heavy atom. The van der Waals surface area contributed by atoms with Gasteiger partial charge in [0.2, 0.25) is 0 Å². The molecule has 0 amide bonds. The second-order valence-electron chi connectivity index (χ2n) is 5.08. The van der Waals surface area contributed by atoms with Crippen molar-refractivity contribution < 1.29 is 8.78 Å². The van der Waals surface area contributed by atoms with E-state index in [1.54, 1.807) is 18.2 Å². The zero-order valence-electron chi connectivity index (χ0n) is 10.8. The summed E-state index contributed by atoms with van der Waals surface area (Å²) in [6.07, 6.45) is 2.36.